The van der Waals surface area contributed by atoms with Crippen LogP contribution in [0.4, 0.5) is 5.82 Å². The topological polar surface area (TPSA) is 87.6 Å². The molecule has 0 saturated carbocycles. The average Bonchev–Trinajstić information content (AvgIpc) is 2.90. The summed E-state index contributed by atoms with van der Waals surface area (Å²) >= 11 is 7.75. The van der Waals surface area contributed by atoms with Gasteiger partial charge in [0.25, 0.3) is 0 Å². The lowest BCUT2D eigenvalue weighted by Crippen LogP contribution is -2.21. The maximum atomic E-state index is 8.71. The average molecular weight is 298 g/mol. The second-order valence-electron chi connectivity index (χ2n) is 3.82. The van der Waals surface area contributed by atoms with Gasteiger partial charge in [0.1, 0.15) is 5.82 Å². The lowest BCUT2D eigenvalue weighted by atomic mass is 10.2. The smallest absolute Gasteiger partial charge is 0.171 e. The van der Waals surface area contributed by atoms with Crippen molar-refractivity contribution >= 4 is 34.6 Å². The molecule has 3 N–H and O–H groups in total. The minimum Gasteiger partial charge on any atom is -0.409 e. The van der Waals surface area contributed by atoms with Gasteiger partial charge in [-0.25, -0.2) is 9.97 Å². The molecular formula is C11H12ClN5OS. The monoisotopic (exact) mass is 297 g/mol. The summed E-state index contributed by atoms with van der Waals surface area (Å²) in [7, 11) is 1.85. The minimum atomic E-state index is -0.0456. The molecule has 2 heterocycles. The summed E-state index contributed by atoms with van der Waals surface area (Å²) in [5.74, 6) is 0.509. The zero-order chi connectivity index (χ0) is 13.8. The second kappa shape index (κ2) is 5.85. The van der Waals surface area contributed by atoms with Crippen LogP contribution in [0.15, 0.2) is 28.3 Å². The van der Waals surface area contributed by atoms with E-state index in [0.717, 1.165) is 5.69 Å². The Morgan fingerprint density at radius 2 is 2.37 bits per heavy atom. The van der Waals surface area contributed by atoms with Gasteiger partial charge in [0.15, 0.2) is 5.84 Å². The number of nitrogens with two attached hydrogens (primary N) is 1. The van der Waals surface area contributed by atoms with Gasteiger partial charge in [0.2, 0.25) is 0 Å². The van der Waals surface area contributed by atoms with E-state index in [1.165, 1.54) is 11.3 Å². The molecule has 0 amide bonds. The fourth-order valence-corrected chi connectivity index (χ4v) is 2.49. The van der Waals surface area contributed by atoms with Crippen molar-refractivity contribution in [3.05, 3.63) is 39.4 Å². The van der Waals surface area contributed by atoms with Crippen molar-refractivity contribution < 1.29 is 5.21 Å². The predicted molar refractivity (Wildman–Crippen MR) is 76.0 cm³/mol. The largest absolute Gasteiger partial charge is 0.409 e. The lowest BCUT2D eigenvalue weighted by molar-refractivity contribution is 0.318. The third-order valence-electron chi connectivity index (χ3n) is 2.50. The Hall–Kier alpha value is -1.86. The fraction of sp³-hybridized carbons (Fsp3) is 0.182. The molecule has 0 aromatic carbocycles. The zero-order valence-corrected chi connectivity index (χ0v) is 11.7. The van der Waals surface area contributed by atoms with Gasteiger partial charge in [-0.2, -0.15) is 0 Å². The molecule has 19 heavy (non-hydrogen) atoms. The summed E-state index contributed by atoms with van der Waals surface area (Å²) in [4.78, 5) is 10.3. The van der Waals surface area contributed by atoms with Crippen LogP contribution in [0.1, 0.15) is 11.3 Å². The number of nitrogens with zero attached hydrogens (tertiary/aromatic N) is 4. The molecule has 0 spiro atoms. The van der Waals surface area contributed by atoms with Crippen LogP contribution in [0.2, 0.25) is 5.02 Å². The maximum Gasteiger partial charge on any atom is 0.171 e. The van der Waals surface area contributed by atoms with E-state index in [4.69, 9.17) is 22.5 Å². The third kappa shape index (κ3) is 2.94. The van der Waals surface area contributed by atoms with Crippen molar-refractivity contribution in [2.45, 2.75) is 6.54 Å². The number of oxime groups is 1. The quantitative estimate of drug-likeness (QED) is 0.390. The van der Waals surface area contributed by atoms with Crippen LogP contribution in [0.5, 0.6) is 0 Å². The summed E-state index contributed by atoms with van der Waals surface area (Å²) in [6.45, 7) is 0.579. The summed E-state index contributed by atoms with van der Waals surface area (Å²) in [6, 6.07) is 1.59. The van der Waals surface area contributed by atoms with Gasteiger partial charge < -0.3 is 15.8 Å². The molecule has 0 aliphatic rings. The van der Waals surface area contributed by atoms with Gasteiger partial charge in [-0.3, -0.25) is 0 Å². The highest BCUT2D eigenvalue weighted by molar-refractivity contribution is 7.07. The Bertz CT molecular complexity index is 587. The number of aromatic nitrogens is 2. The van der Waals surface area contributed by atoms with Crippen LogP contribution in [-0.2, 0) is 6.54 Å². The van der Waals surface area contributed by atoms with E-state index in [9.17, 15) is 0 Å². The van der Waals surface area contributed by atoms with Crippen molar-refractivity contribution in [1.82, 2.24) is 9.97 Å². The Kier molecular flexibility index (Phi) is 4.18. The molecule has 0 aliphatic carbocycles. The summed E-state index contributed by atoms with van der Waals surface area (Å²) in [6.07, 6.45) is 1.56. The second-order valence-corrected chi connectivity index (χ2v) is 4.91. The van der Waals surface area contributed by atoms with E-state index in [0.29, 0.717) is 22.9 Å². The molecule has 0 unspecified atom stereocenters. The third-order valence-corrected chi connectivity index (χ3v) is 3.51. The summed E-state index contributed by atoms with van der Waals surface area (Å²) in [5, 5.41) is 14.0. The van der Waals surface area contributed by atoms with E-state index < -0.39 is 0 Å². The van der Waals surface area contributed by atoms with Gasteiger partial charge >= 0.3 is 0 Å². The molecule has 100 valence electrons. The molecule has 0 radical (unpaired) electrons. The van der Waals surface area contributed by atoms with Crippen LogP contribution in [-0.4, -0.2) is 28.1 Å². The van der Waals surface area contributed by atoms with Gasteiger partial charge in [0.05, 0.1) is 22.8 Å². The van der Waals surface area contributed by atoms with Crippen molar-refractivity contribution in [2.24, 2.45) is 10.9 Å². The normalized spacial score (nSPS) is 11.6. The van der Waals surface area contributed by atoms with Crippen LogP contribution in [0.25, 0.3) is 0 Å². The predicted octanol–water partition coefficient (Wildman–Crippen LogP) is 1.92. The highest BCUT2D eigenvalue weighted by Gasteiger charge is 2.15. The first kappa shape index (κ1) is 13.6. The molecule has 0 fully saturated rings. The van der Waals surface area contributed by atoms with E-state index in [1.807, 2.05) is 17.3 Å². The first-order valence-electron chi connectivity index (χ1n) is 5.34. The molecule has 8 heteroatoms. The molecule has 0 atom stereocenters. The maximum absolute atomic E-state index is 8.71. The first-order valence-corrected chi connectivity index (χ1v) is 6.66. The number of hydrogen-bond donors (Lipinski definition) is 2. The highest BCUT2D eigenvalue weighted by atomic mass is 35.5. The Balaban J connectivity index is 2.29. The van der Waals surface area contributed by atoms with Gasteiger partial charge in [-0.05, 0) is 6.07 Å². The van der Waals surface area contributed by atoms with Crippen LogP contribution >= 0.6 is 22.9 Å². The van der Waals surface area contributed by atoms with E-state index in [-0.39, 0.29) is 5.84 Å². The van der Waals surface area contributed by atoms with Crippen molar-refractivity contribution in [3.63, 3.8) is 0 Å². The Morgan fingerprint density at radius 1 is 1.58 bits per heavy atom. The molecule has 0 aliphatic heterocycles. The first-order chi connectivity index (χ1) is 9.13. The van der Waals surface area contributed by atoms with E-state index in [2.05, 4.69) is 15.1 Å². The van der Waals surface area contributed by atoms with Crippen LogP contribution < -0.4 is 10.6 Å². The number of hydrogen-bond acceptors (Lipinski definition) is 6. The number of halogens is 1. The summed E-state index contributed by atoms with van der Waals surface area (Å²) in [5.41, 5.74) is 8.70. The molecule has 2 aromatic rings. The minimum absolute atomic E-state index is 0.0456. The lowest BCUT2D eigenvalue weighted by Gasteiger charge is -2.19. The van der Waals surface area contributed by atoms with Gasteiger partial charge in [0, 0.05) is 24.2 Å². The molecule has 0 saturated heterocycles. The highest BCUT2D eigenvalue weighted by Crippen LogP contribution is 2.26. The van der Waals surface area contributed by atoms with E-state index in [1.54, 1.807) is 17.8 Å². The van der Waals surface area contributed by atoms with Crippen molar-refractivity contribution in [1.29, 1.82) is 0 Å². The number of pyridine rings is 1. The van der Waals surface area contributed by atoms with Crippen LogP contribution in [0, 0.1) is 0 Å². The number of rotatable bonds is 4. The number of thiazole rings is 1. The van der Waals surface area contributed by atoms with Crippen molar-refractivity contribution in [2.75, 3.05) is 11.9 Å². The number of anilines is 1. The molecular weight excluding hydrogens is 286 g/mol. The Labute approximate surface area is 119 Å². The molecule has 0 bridgehead atoms. The van der Waals surface area contributed by atoms with Gasteiger partial charge in [-0.1, -0.05) is 16.8 Å². The standard InChI is InChI=1S/C11H12ClN5OS/c1-17(4-7-5-19-6-15-7)11-9(12)8(2-3-14-11)10(13)16-18/h2-3,5-6,18H,4H2,1H3,(H2,13,16). The molecule has 6 nitrogen and oxygen atoms in total. The van der Waals surface area contributed by atoms with Crippen LogP contribution in [0.3, 0.4) is 0 Å². The SMILES string of the molecule is CN(Cc1cscn1)c1nccc(/C(N)=N/O)c1Cl. The summed E-state index contributed by atoms with van der Waals surface area (Å²) < 4.78 is 0. The molecule has 2 rings (SSSR count). The Morgan fingerprint density at radius 3 is 3.00 bits per heavy atom. The molecule has 2 aromatic heterocycles. The van der Waals surface area contributed by atoms with Gasteiger partial charge in [-0.15, -0.1) is 11.3 Å². The zero-order valence-electron chi connectivity index (χ0n) is 10.1. The van der Waals surface area contributed by atoms with E-state index >= 15 is 0 Å². The van der Waals surface area contributed by atoms with Crippen molar-refractivity contribution in [3.8, 4) is 0 Å². The number of amidine groups is 1. The fourth-order valence-electron chi connectivity index (χ4n) is 1.58.